The number of fused-ring (bicyclic) bond motifs is 1. The Morgan fingerprint density at radius 2 is 2.19 bits per heavy atom. The van der Waals surface area contributed by atoms with Gasteiger partial charge in [-0.25, -0.2) is 4.79 Å². The van der Waals surface area contributed by atoms with Crippen molar-refractivity contribution in [2.24, 2.45) is 0 Å². The van der Waals surface area contributed by atoms with E-state index in [2.05, 4.69) is 5.32 Å². The molecule has 5 heteroatoms. The lowest BCUT2D eigenvalue weighted by Crippen LogP contribution is -2.43. The van der Waals surface area contributed by atoms with Crippen LogP contribution in [0.25, 0.3) is 0 Å². The third-order valence-corrected chi connectivity index (χ3v) is 2.84. The molecule has 0 aliphatic carbocycles. The van der Waals surface area contributed by atoms with E-state index in [4.69, 9.17) is 5.11 Å². The second kappa shape index (κ2) is 3.52. The molecule has 0 bridgehead atoms. The highest BCUT2D eigenvalue weighted by atomic mass is 16.4. The largest absolute Gasteiger partial charge is 0.478 e. The Labute approximate surface area is 92.7 Å². The number of anilines is 2. The summed E-state index contributed by atoms with van der Waals surface area (Å²) in [4.78, 5) is 24.2. The molecular weight excluding hydrogens is 208 g/mol. The molecule has 0 spiro atoms. The molecule has 1 aromatic carbocycles. The maximum atomic E-state index is 11.5. The fourth-order valence-electron chi connectivity index (χ4n) is 1.70. The van der Waals surface area contributed by atoms with Gasteiger partial charge in [0, 0.05) is 7.05 Å². The first kappa shape index (κ1) is 10.5. The lowest BCUT2D eigenvalue weighted by atomic mass is 10.1. The normalized spacial score (nSPS) is 19.0. The van der Waals surface area contributed by atoms with Crippen LogP contribution in [0.1, 0.15) is 17.3 Å². The highest BCUT2D eigenvalue weighted by molar-refractivity contribution is 6.04. The maximum absolute atomic E-state index is 11.5. The van der Waals surface area contributed by atoms with Crippen LogP contribution < -0.4 is 10.2 Å². The number of carboxylic acid groups (broad SMARTS) is 1. The summed E-state index contributed by atoms with van der Waals surface area (Å²) in [5.74, 6) is -1.13. The van der Waals surface area contributed by atoms with Crippen LogP contribution in [0.15, 0.2) is 18.2 Å². The fraction of sp³-hybridized carbons (Fsp3) is 0.273. The fourth-order valence-corrected chi connectivity index (χ4v) is 1.70. The summed E-state index contributed by atoms with van der Waals surface area (Å²) in [6.07, 6.45) is 0. The molecule has 1 aromatic rings. The average molecular weight is 220 g/mol. The summed E-state index contributed by atoms with van der Waals surface area (Å²) in [7, 11) is 1.81. The van der Waals surface area contributed by atoms with Gasteiger partial charge in [-0.05, 0) is 25.1 Å². The molecular formula is C11H12N2O3. The summed E-state index contributed by atoms with van der Waals surface area (Å²) < 4.78 is 0. The smallest absolute Gasteiger partial charge is 0.335 e. The van der Waals surface area contributed by atoms with Crippen LogP contribution in [0.3, 0.4) is 0 Å². The number of likely N-dealkylation sites (N-methyl/N-ethyl adjacent to an activating group) is 1. The quantitative estimate of drug-likeness (QED) is 0.745. The minimum Gasteiger partial charge on any atom is -0.478 e. The molecule has 16 heavy (non-hydrogen) atoms. The first-order valence-electron chi connectivity index (χ1n) is 4.91. The van der Waals surface area contributed by atoms with E-state index < -0.39 is 5.97 Å². The maximum Gasteiger partial charge on any atom is 0.335 e. The highest BCUT2D eigenvalue weighted by Gasteiger charge is 2.27. The molecule has 1 aliphatic heterocycles. The summed E-state index contributed by atoms with van der Waals surface area (Å²) in [6, 6.07) is 4.46. The van der Waals surface area contributed by atoms with Gasteiger partial charge in [-0.2, -0.15) is 0 Å². The van der Waals surface area contributed by atoms with Gasteiger partial charge in [-0.15, -0.1) is 0 Å². The van der Waals surface area contributed by atoms with Crippen molar-refractivity contribution in [1.82, 2.24) is 0 Å². The third kappa shape index (κ3) is 1.50. The minimum atomic E-state index is -1.00. The Balaban J connectivity index is 2.49. The lowest BCUT2D eigenvalue weighted by molar-refractivity contribution is -0.117. The predicted octanol–water partition coefficient (Wildman–Crippen LogP) is 1.16. The molecule has 5 nitrogen and oxygen atoms in total. The molecule has 2 rings (SSSR count). The Hall–Kier alpha value is -2.04. The number of carboxylic acids is 1. The van der Waals surface area contributed by atoms with Crippen LogP contribution in [-0.2, 0) is 4.79 Å². The molecule has 0 fully saturated rings. The van der Waals surface area contributed by atoms with Gasteiger partial charge in [0.1, 0.15) is 6.04 Å². The topological polar surface area (TPSA) is 69.6 Å². The van der Waals surface area contributed by atoms with Gasteiger partial charge in [-0.1, -0.05) is 0 Å². The minimum absolute atomic E-state index is 0.127. The van der Waals surface area contributed by atoms with Crippen LogP contribution in [-0.4, -0.2) is 30.1 Å². The van der Waals surface area contributed by atoms with E-state index in [9.17, 15) is 9.59 Å². The van der Waals surface area contributed by atoms with E-state index in [1.807, 2.05) is 11.9 Å². The number of benzene rings is 1. The molecule has 1 atom stereocenters. The van der Waals surface area contributed by atoms with Crippen LogP contribution in [0.5, 0.6) is 0 Å². The molecule has 1 aliphatic rings. The van der Waals surface area contributed by atoms with Crippen molar-refractivity contribution in [2.45, 2.75) is 13.0 Å². The van der Waals surface area contributed by atoms with Crippen molar-refractivity contribution in [3.8, 4) is 0 Å². The summed E-state index contributed by atoms with van der Waals surface area (Å²) in [5, 5.41) is 11.5. The van der Waals surface area contributed by atoms with Gasteiger partial charge in [0.2, 0.25) is 5.91 Å². The second-order valence-electron chi connectivity index (χ2n) is 3.81. The second-order valence-corrected chi connectivity index (χ2v) is 3.81. The van der Waals surface area contributed by atoms with E-state index >= 15 is 0 Å². The van der Waals surface area contributed by atoms with Crippen molar-refractivity contribution in [3.05, 3.63) is 23.8 Å². The van der Waals surface area contributed by atoms with Crippen LogP contribution in [0.2, 0.25) is 0 Å². The van der Waals surface area contributed by atoms with Crippen molar-refractivity contribution in [2.75, 3.05) is 17.3 Å². The zero-order chi connectivity index (χ0) is 11.9. The number of amides is 1. The van der Waals surface area contributed by atoms with E-state index in [1.165, 1.54) is 12.1 Å². The van der Waals surface area contributed by atoms with Crippen LogP contribution in [0.4, 0.5) is 11.4 Å². The van der Waals surface area contributed by atoms with E-state index in [0.717, 1.165) is 5.69 Å². The Morgan fingerprint density at radius 1 is 1.50 bits per heavy atom. The number of nitrogens with one attached hydrogen (secondary N) is 1. The predicted molar refractivity (Wildman–Crippen MR) is 59.9 cm³/mol. The number of carbonyl (C=O) groups excluding carboxylic acids is 1. The van der Waals surface area contributed by atoms with Crippen LogP contribution >= 0.6 is 0 Å². The molecule has 0 aromatic heterocycles. The molecule has 0 radical (unpaired) electrons. The highest BCUT2D eigenvalue weighted by Crippen LogP contribution is 2.31. The molecule has 1 heterocycles. The third-order valence-electron chi connectivity index (χ3n) is 2.84. The van der Waals surface area contributed by atoms with Crippen molar-refractivity contribution in [1.29, 1.82) is 0 Å². The number of carbonyl (C=O) groups is 2. The Kier molecular flexibility index (Phi) is 2.30. The lowest BCUT2D eigenvalue weighted by Gasteiger charge is -2.33. The van der Waals surface area contributed by atoms with Crippen molar-refractivity contribution >= 4 is 23.3 Å². The van der Waals surface area contributed by atoms with Gasteiger partial charge in [0.15, 0.2) is 0 Å². The van der Waals surface area contributed by atoms with E-state index in [-0.39, 0.29) is 17.5 Å². The summed E-state index contributed by atoms with van der Waals surface area (Å²) >= 11 is 0. The van der Waals surface area contributed by atoms with Crippen LogP contribution in [0, 0.1) is 0 Å². The molecule has 0 saturated heterocycles. The standard InChI is InChI=1S/C11H12N2O3/c1-6-10(14)12-8-5-7(11(15)16)3-4-9(8)13(6)2/h3-6H,1-2H3,(H,12,14)(H,15,16). The molecule has 0 saturated carbocycles. The van der Waals surface area contributed by atoms with Crippen molar-refractivity contribution < 1.29 is 14.7 Å². The van der Waals surface area contributed by atoms with E-state index in [0.29, 0.717) is 5.69 Å². The molecule has 1 amide bonds. The number of rotatable bonds is 1. The Bertz CT molecular complexity index is 470. The first-order chi connectivity index (χ1) is 7.50. The molecule has 1 unspecified atom stereocenters. The van der Waals surface area contributed by atoms with E-state index in [1.54, 1.807) is 13.0 Å². The van der Waals surface area contributed by atoms with Crippen molar-refractivity contribution in [3.63, 3.8) is 0 Å². The number of aromatic carboxylic acids is 1. The summed E-state index contributed by atoms with van der Waals surface area (Å²) in [5.41, 5.74) is 1.55. The zero-order valence-corrected chi connectivity index (χ0v) is 9.02. The van der Waals surface area contributed by atoms with Gasteiger partial charge in [0.25, 0.3) is 0 Å². The molecule has 2 N–H and O–H groups in total. The van der Waals surface area contributed by atoms with Gasteiger partial charge in [-0.3, -0.25) is 4.79 Å². The zero-order valence-electron chi connectivity index (χ0n) is 9.02. The first-order valence-corrected chi connectivity index (χ1v) is 4.91. The van der Waals surface area contributed by atoms with Gasteiger partial charge in [0.05, 0.1) is 16.9 Å². The van der Waals surface area contributed by atoms with Gasteiger partial charge < -0.3 is 15.3 Å². The molecule has 84 valence electrons. The number of hydrogen-bond acceptors (Lipinski definition) is 3. The monoisotopic (exact) mass is 220 g/mol. The number of hydrogen-bond donors (Lipinski definition) is 2. The summed E-state index contributed by atoms with van der Waals surface area (Å²) in [6.45, 7) is 1.80. The average Bonchev–Trinajstić information content (AvgIpc) is 2.25. The number of nitrogens with zero attached hydrogens (tertiary/aromatic N) is 1. The Morgan fingerprint density at radius 3 is 2.81 bits per heavy atom. The SMILES string of the molecule is CC1C(=O)Nc2cc(C(=O)O)ccc2N1C. The van der Waals surface area contributed by atoms with Gasteiger partial charge >= 0.3 is 5.97 Å².